The van der Waals surface area contributed by atoms with Gasteiger partial charge in [0.15, 0.2) is 0 Å². The third-order valence-corrected chi connectivity index (χ3v) is 13.1. The summed E-state index contributed by atoms with van der Waals surface area (Å²) in [6.07, 6.45) is 0. The Bertz CT molecular complexity index is 3080. The lowest BCUT2D eigenvalue weighted by atomic mass is 9.67. The van der Waals surface area contributed by atoms with E-state index in [9.17, 15) is 0 Å². The van der Waals surface area contributed by atoms with E-state index in [-0.39, 0.29) is 0 Å². The highest BCUT2D eigenvalue weighted by Crippen LogP contribution is 2.62. The molecule has 0 amide bonds. The van der Waals surface area contributed by atoms with Crippen molar-refractivity contribution in [2.45, 2.75) is 15.2 Å². The number of aromatic nitrogens is 1. The fraction of sp³-hybridized carbons (Fsp3) is 0.0189. The molecule has 2 aliphatic rings. The topological polar surface area (TPSA) is 8.17 Å². The molecule has 12 rings (SSSR count). The van der Waals surface area contributed by atoms with E-state index in [1.165, 1.54) is 75.7 Å². The second kappa shape index (κ2) is 12.1. The lowest BCUT2D eigenvalue weighted by molar-refractivity contribution is 0.724. The van der Waals surface area contributed by atoms with E-state index in [0.29, 0.717) is 0 Å². The van der Waals surface area contributed by atoms with E-state index in [2.05, 4.69) is 216 Å². The van der Waals surface area contributed by atoms with Gasteiger partial charge in [-0.3, -0.25) is 0 Å². The van der Waals surface area contributed by atoms with E-state index in [0.717, 1.165) is 22.7 Å². The molecule has 0 fully saturated rings. The van der Waals surface area contributed by atoms with Crippen LogP contribution < -0.4 is 4.90 Å². The molecule has 56 heavy (non-hydrogen) atoms. The summed E-state index contributed by atoms with van der Waals surface area (Å²) in [7, 11) is 0. The monoisotopic (exact) mass is 730 g/mol. The molecule has 0 unspecified atom stereocenters. The first kappa shape index (κ1) is 31.5. The van der Waals surface area contributed by atoms with E-state index < -0.39 is 5.41 Å². The van der Waals surface area contributed by atoms with Crippen molar-refractivity contribution in [3.63, 3.8) is 0 Å². The zero-order valence-corrected chi connectivity index (χ0v) is 31.2. The third kappa shape index (κ3) is 4.35. The predicted molar refractivity (Wildman–Crippen MR) is 234 cm³/mol. The summed E-state index contributed by atoms with van der Waals surface area (Å²) in [6, 6.07) is 76.1. The van der Waals surface area contributed by atoms with Crippen molar-refractivity contribution in [1.82, 2.24) is 4.57 Å². The SMILES string of the molecule is c1ccc(N(c2ccccc2)c2ccc(-n3c4cc5c(cc4c4ccc6ccccc6c43)C3(c4ccccc4S5)c4ccccc4-c4ccccc43)cc2)cc1. The van der Waals surface area contributed by atoms with Gasteiger partial charge >= 0.3 is 0 Å². The minimum Gasteiger partial charge on any atom is -0.311 e. The molecule has 2 heterocycles. The molecule has 1 aromatic heterocycles. The molecule has 262 valence electrons. The van der Waals surface area contributed by atoms with Gasteiger partial charge in [0.2, 0.25) is 0 Å². The van der Waals surface area contributed by atoms with E-state index >= 15 is 0 Å². The van der Waals surface area contributed by atoms with Crippen LogP contribution in [-0.2, 0) is 5.41 Å². The molecule has 0 saturated carbocycles. The van der Waals surface area contributed by atoms with E-state index in [1.807, 2.05) is 11.8 Å². The number of hydrogen-bond acceptors (Lipinski definition) is 2. The smallest absolute Gasteiger partial charge is 0.0735 e. The Hall–Kier alpha value is -6.81. The first-order chi connectivity index (χ1) is 27.8. The van der Waals surface area contributed by atoms with Crippen molar-refractivity contribution in [3.05, 3.63) is 229 Å². The summed E-state index contributed by atoms with van der Waals surface area (Å²) in [5.74, 6) is 0. The second-order valence-corrected chi connectivity index (χ2v) is 15.9. The largest absolute Gasteiger partial charge is 0.311 e. The van der Waals surface area contributed by atoms with Crippen LogP contribution in [0, 0.1) is 0 Å². The van der Waals surface area contributed by atoms with Crippen LogP contribution in [0.2, 0.25) is 0 Å². The molecule has 1 aliphatic carbocycles. The Morgan fingerprint density at radius 3 is 1.66 bits per heavy atom. The van der Waals surface area contributed by atoms with Crippen molar-refractivity contribution in [3.8, 4) is 16.8 Å². The normalized spacial score (nSPS) is 13.4. The molecule has 0 atom stereocenters. The summed E-state index contributed by atoms with van der Waals surface area (Å²) >= 11 is 1.91. The quantitative estimate of drug-likeness (QED) is 0.178. The first-order valence-corrected chi connectivity index (χ1v) is 20.1. The predicted octanol–water partition coefficient (Wildman–Crippen LogP) is 14.2. The molecule has 0 radical (unpaired) electrons. The highest BCUT2D eigenvalue weighted by molar-refractivity contribution is 7.99. The summed E-state index contributed by atoms with van der Waals surface area (Å²) < 4.78 is 2.51. The van der Waals surface area contributed by atoms with Crippen LogP contribution >= 0.6 is 11.8 Å². The number of rotatable bonds is 4. The number of para-hydroxylation sites is 2. The van der Waals surface area contributed by atoms with Crippen LogP contribution in [0.25, 0.3) is 49.4 Å². The molecule has 2 nitrogen and oxygen atoms in total. The Morgan fingerprint density at radius 1 is 0.393 bits per heavy atom. The summed E-state index contributed by atoms with van der Waals surface area (Å²) in [6.45, 7) is 0. The highest BCUT2D eigenvalue weighted by Gasteiger charge is 2.50. The maximum atomic E-state index is 2.54. The summed E-state index contributed by atoms with van der Waals surface area (Å²) in [5.41, 5.74) is 14.6. The highest BCUT2D eigenvalue weighted by atomic mass is 32.2. The molecular weight excluding hydrogens is 697 g/mol. The maximum Gasteiger partial charge on any atom is 0.0735 e. The van der Waals surface area contributed by atoms with Crippen molar-refractivity contribution in [2.24, 2.45) is 0 Å². The van der Waals surface area contributed by atoms with Crippen molar-refractivity contribution < 1.29 is 0 Å². The molecular formula is C53H34N2S. The zero-order chi connectivity index (χ0) is 36.8. The molecule has 0 bridgehead atoms. The Balaban J connectivity index is 1.14. The van der Waals surface area contributed by atoms with Crippen LogP contribution in [0.15, 0.2) is 216 Å². The van der Waals surface area contributed by atoms with Crippen LogP contribution in [0.1, 0.15) is 22.3 Å². The Morgan fingerprint density at radius 2 is 0.964 bits per heavy atom. The van der Waals surface area contributed by atoms with Crippen LogP contribution in [0.5, 0.6) is 0 Å². The number of nitrogens with zero attached hydrogens (tertiary/aromatic N) is 2. The average molecular weight is 731 g/mol. The van der Waals surface area contributed by atoms with E-state index in [1.54, 1.807) is 0 Å². The van der Waals surface area contributed by atoms with Crippen LogP contribution in [-0.4, -0.2) is 4.57 Å². The first-order valence-electron chi connectivity index (χ1n) is 19.3. The molecule has 9 aromatic carbocycles. The van der Waals surface area contributed by atoms with Crippen molar-refractivity contribution >= 4 is 61.4 Å². The standard InChI is InChI=1S/C53H34N2S/c1-3-16-36(17-4-1)54(37-18-5-2-6-19-37)38-28-30-39(31-29-38)55-49-34-51-48(33-44(49)43-32-27-35-15-7-8-20-40(35)52(43)55)53(47-25-13-14-26-50(47)56-51)45-23-11-9-21-41(45)42-22-10-12-24-46(42)53/h1-34H. The molecule has 0 N–H and O–H groups in total. The van der Waals surface area contributed by atoms with Gasteiger partial charge in [-0.15, -0.1) is 0 Å². The zero-order valence-electron chi connectivity index (χ0n) is 30.4. The minimum atomic E-state index is -0.427. The molecule has 3 heteroatoms. The van der Waals surface area contributed by atoms with Gasteiger partial charge < -0.3 is 9.47 Å². The van der Waals surface area contributed by atoms with Crippen LogP contribution in [0.3, 0.4) is 0 Å². The molecule has 1 aliphatic heterocycles. The Kier molecular flexibility index (Phi) is 6.81. The van der Waals surface area contributed by atoms with E-state index in [4.69, 9.17) is 0 Å². The van der Waals surface area contributed by atoms with Crippen molar-refractivity contribution in [1.29, 1.82) is 0 Å². The van der Waals surface area contributed by atoms with Gasteiger partial charge in [0, 0.05) is 48.7 Å². The van der Waals surface area contributed by atoms with Crippen LogP contribution in [0.4, 0.5) is 17.1 Å². The third-order valence-electron chi connectivity index (χ3n) is 12.0. The maximum absolute atomic E-state index is 2.54. The average Bonchev–Trinajstić information content (AvgIpc) is 3.75. The van der Waals surface area contributed by atoms with Crippen molar-refractivity contribution in [2.75, 3.05) is 4.90 Å². The fourth-order valence-electron chi connectivity index (χ4n) is 9.75. The Labute approximate surface area is 329 Å². The fourth-order valence-corrected chi connectivity index (χ4v) is 11.0. The van der Waals surface area contributed by atoms with Gasteiger partial charge in [0.1, 0.15) is 0 Å². The van der Waals surface area contributed by atoms with Gasteiger partial charge in [-0.1, -0.05) is 151 Å². The molecule has 0 saturated heterocycles. The molecule has 10 aromatic rings. The number of hydrogen-bond donors (Lipinski definition) is 0. The number of fused-ring (bicyclic) bond motifs is 14. The lowest BCUT2D eigenvalue weighted by Crippen LogP contribution is -2.31. The van der Waals surface area contributed by atoms with Gasteiger partial charge in [-0.05, 0) is 105 Å². The second-order valence-electron chi connectivity index (χ2n) is 14.8. The summed E-state index contributed by atoms with van der Waals surface area (Å²) in [4.78, 5) is 4.93. The lowest BCUT2D eigenvalue weighted by Gasteiger charge is -2.39. The number of anilines is 3. The minimum absolute atomic E-state index is 0.427. The van der Waals surface area contributed by atoms with Gasteiger partial charge in [-0.25, -0.2) is 0 Å². The van der Waals surface area contributed by atoms with Gasteiger partial charge in [0.25, 0.3) is 0 Å². The number of benzene rings is 9. The summed E-state index contributed by atoms with van der Waals surface area (Å²) in [5, 5.41) is 5.02. The van der Waals surface area contributed by atoms with Gasteiger partial charge in [-0.2, -0.15) is 0 Å². The van der Waals surface area contributed by atoms with Gasteiger partial charge in [0.05, 0.1) is 16.4 Å². The molecule has 1 spiro atoms.